The number of guanidine groups is 1. The van der Waals surface area contributed by atoms with Gasteiger partial charge in [-0.05, 0) is 31.7 Å². The summed E-state index contributed by atoms with van der Waals surface area (Å²) in [5.41, 5.74) is 1.41. The minimum atomic E-state index is -0.142. The largest absolute Gasteiger partial charge is 0.469 e. The van der Waals surface area contributed by atoms with Crippen molar-refractivity contribution in [1.82, 2.24) is 10.2 Å². The predicted octanol–water partition coefficient (Wildman–Crippen LogP) is 3.40. The van der Waals surface area contributed by atoms with Crippen LogP contribution >= 0.6 is 24.0 Å². The maximum Gasteiger partial charge on any atom is 0.305 e. The molecule has 0 radical (unpaired) electrons. The summed E-state index contributed by atoms with van der Waals surface area (Å²) in [6.45, 7) is 5.75. The van der Waals surface area contributed by atoms with E-state index in [-0.39, 0.29) is 29.9 Å². The molecule has 1 N–H and O–H groups in total. The lowest BCUT2D eigenvalue weighted by Gasteiger charge is -2.21. The average molecular weight is 459 g/mol. The van der Waals surface area contributed by atoms with Gasteiger partial charge in [0, 0.05) is 38.5 Å². The first kappa shape index (κ1) is 21.7. The van der Waals surface area contributed by atoms with Crippen LogP contribution in [-0.2, 0) is 9.53 Å². The standard InChI is InChI=1S/C19H29N3O2.HI/c1-3-20-19(21-13-8-7-11-18(23)24-2)22-14-12-17(15-22)16-9-5-4-6-10-16;/h4-6,9-10,17H,3,7-8,11-15H2,1-2H3,(H,20,21);1H. The highest BCUT2D eigenvalue weighted by Crippen LogP contribution is 2.26. The van der Waals surface area contributed by atoms with Gasteiger partial charge >= 0.3 is 5.97 Å². The lowest BCUT2D eigenvalue weighted by molar-refractivity contribution is -0.140. The van der Waals surface area contributed by atoms with Crippen LogP contribution in [0.2, 0.25) is 0 Å². The normalized spacial score (nSPS) is 17.1. The number of nitrogens with one attached hydrogen (secondary N) is 1. The third kappa shape index (κ3) is 7.22. The number of aliphatic imine (C=N–C) groups is 1. The Bertz CT molecular complexity index is 537. The number of likely N-dealkylation sites (tertiary alicyclic amines) is 1. The first-order valence-corrected chi connectivity index (χ1v) is 8.89. The number of esters is 1. The molecule has 0 aromatic heterocycles. The number of methoxy groups -OCH3 is 1. The zero-order valence-electron chi connectivity index (χ0n) is 15.2. The van der Waals surface area contributed by atoms with Gasteiger partial charge in [0.1, 0.15) is 0 Å². The Hall–Kier alpha value is -1.31. The number of rotatable bonds is 7. The second-order valence-corrected chi connectivity index (χ2v) is 6.11. The number of hydrogen-bond donors (Lipinski definition) is 1. The number of hydrogen-bond acceptors (Lipinski definition) is 3. The first-order valence-electron chi connectivity index (χ1n) is 8.89. The molecule has 140 valence electrons. The molecular weight excluding hydrogens is 429 g/mol. The number of nitrogens with zero attached hydrogens (tertiary/aromatic N) is 2. The van der Waals surface area contributed by atoms with Gasteiger partial charge in [0.15, 0.2) is 5.96 Å². The molecule has 1 saturated heterocycles. The van der Waals surface area contributed by atoms with Gasteiger partial charge in [-0.25, -0.2) is 0 Å². The molecule has 0 amide bonds. The van der Waals surface area contributed by atoms with Gasteiger partial charge in [-0.2, -0.15) is 0 Å². The van der Waals surface area contributed by atoms with E-state index in [2.05, 4.69) is 52.2 Å². The van der Waals surface area contributed by atoms with Gasteiger partial charge in [0.2, 0.25) is 0 Å². The third-order valence-corrected chi connectivity index (χ3v) is 4.37. The molecule has 1 aliphatic rings. The van der Waals surface area contributed by atoms with Crippen molar-refractivity contribution in [3.8, 4) is 0 Å². The highest BCUT2D eigenvalue weighted by Gasteiger charge is 2.25. The average Bonchev–Trinajstić information content (AvgIpc) is 3.11. The fourth-order valence-electron chi connectivity index (χ4n) is 3.04. The molecule has 0 bridgehead atoms. The number of unbranched alkanes of at least 4 members (excludes halogenated alkanes) is 1. The van der Waals surface area contributed by atoms with Crippen molar-refractivity contribution in [1.29, 1.82) is 0 Å². The van der Waals surface area contributed by atoms with Crippen LogP contribution in [0.4, 0.5) is 0 Å². The molecule has 25 heavy (non-hydrogen) atoms. The van der Waals surface area contributed by atoms with E-state index in [4.69, 9.17) is 4.99 Å². The molecule has 1 unspecified atom stereocenters. The molecule has 1 atom stereocenters. The molecular formula is C19H30IN3O2. The molecule has 0 aliphatic carbocycles. The van der Waals surface area contributed by atoms with Gasteiger partial charge in [-0.15, -0.1) is 24.0 Å². The van der Waals surface area contributed by atoms with Crippen LogP contribution < -0.4 is 5.32 Å². The molecule has 6 heteroatoms. The van der Waals surface area contributed by atoms with Gasteiger partial charge < -0.3 is 15.0 Å². The third-order valence-electron chi connectivity index (χ3n) is 4.37. The van der Waals surface area contributed by atoms with Crippen molar-refractivity contribution in [2.45, 2.75) is 38.5 Å². The second kappa shape index (κ2) is 12.1. The van der Waals surface area contributed by atoms with Gasteiger partial charge in [0.25, 0.3) is 0 Å². The molecule has 1 aliphatic heterocycles. The lowest BCUT2D eigenvalue weighted by Crippen LogP contribution is -2.40. The van der Waals surface area contributed by atoms with E-state index in [9.17, 15) is 4.79 Å². The van der Waals surface area contributed by atoms with E-state index in [0.717, 1.165) is 51.4 Å². The maximum absolute atomic E-state index is 11.1. The quantitative estimate of drug-likeness (QED) is 0.223. The highest BCUT2D eigenvalue weighted by atomic mass is 127. The minimum absolute atomic E-state index is 0. The summed E-state index contributed by atoms with van der Waals surface area (Å²) in [5.74, 6) is 1.43. The van der Waals surface area contributed by atoms with Crippen LogP contribution in [0.5, 0.6) is 0 Å². The summed E-state index contributed by atoms with van der Waals surface area (Å²) in [5, 5.41) is 3.39. The van der Waals surface area contributed by atoms with E-state index in [1.165, 1.54) is 12.7 Å². The Kier molecular flexibility index (Phi) is 10.5. The Labute approximate surface area is 168 Å². The van der Waals surface area contributed by atoms with Crippen molar-refractivity contribution >= 4 is 35.9 Å². The van der Waals surface area contributed by atoms with Crippen LogP contribution in [0.3, 0.4) is 0 Å². The summed E-state index contributed by atoms with van der Waals surface area (Å²) in [4.78, 5) is 18.2. The van der Waals surface area contributed by atoms with Crippen molar-refractivity contribution in [3.63, 3.8) is 0 Å². The molecule has 1 heterocycles. The molecule has 2 rings (SSSR count). The van der Waals surface area contributed by atoms with Crippen LogP contribution in [0.25, 0.3) is 0 Å². The summed E-state index contributed by atoms with van der Waals surface area (Å²) in [6, 6.07) is 10.7. The molecule has 0 spiro atoms. The van der Waals surface area contributed by atoms with Crippen LogP contribution in [0, 0.1) is 0 Å². The van der Waals surface area contributed by atoms with Crippen LogP contribution in [0.1, 0.15) is 44.1 Å². The number of ether oxygens (including phenoxy) is 1. The molecule has 1 aromatic rings. The first-order chi connectivity index (χ1) is 11.7. The fourth-order valence-corrected chi connectivity index (χ4v) is 3.04. The van der Waals surface area contributed by atoms with Crippen molar-refractivity contribution < 1.29 is 9.53 Å². The number of halogens is 1. The zero-order chi connectivity index (χ0) is 17.2. The SMILES string of the molecule is CCNC(=NCCCCC(=O)OC)N1CCC(c2ccccc2)C1.I. The van der Waals surface area contributed by atoms with Crippen molar-refractivity contribution in [2.24, 2.45) is 4.99 Å². The zero-order valence-corrected chi connectivity index (χ0v) is 17.6. The van der Waals surface area contributed by atoms with Crippen LogP contribution in [-0.4, -0.2) is 50.1 Å². The minimum Gasteiger partial charge on any atom is -0.469 e. The van der Waals surface area contributed by atoms with E-state index < -0.39 is 0 Å². The van der Waals surface area contributed by atoms with Crippen molar-refractivity contribution in [2.75, 3.05) is 33.3 Å². The Balaban J connectivity index is 0.00000312. The van der Waals surface area contributed by atoms with Gasteiger partial charge in [-0.3, -0.25) is 9.79 Å². The summed E-state index contributed by atoms with van der Waals surface area (Å²) in [6.07, 6.45) is 3.36. The van der Waals surface area contributed by atoms with E-state index >= 15 is 0 Å². The predicted molar refractivity (Wildman–Crippen MR) is 113 cm³/mol. The Morgan fingerprint density at radius 3 is 2.76 bits per heavy atom. The summed E-state index contributed by atoms with van der Waals surface area (Å²) in [7, 11) is 1.43. The number of carbonyl (C=O) groups is 1. The van der Waals surface area contributed by atoms with E-state index in [1.54, 1.807) is 0 Å². The topological polar surface area (TPSA) is 53.9 Å². The lowest BCUT2D eigenvalue weighted by atomic mass is 9.99. The maximum atomic E-state index is 11.1. The number of carbonyl (C=O) groups excluding carboxylic acids is 1. The molecule has 1 aromatic carbocycles. The second-order valence-electron chi connectivity index (χ2n) is 6.11. The summed E-state index contributed by atoms with van der Waals surface area (Å²) < 4.78 is 4.66. The van der Waals surface area contributed by atoms with Gasteiger partial charge in [0.05, 0.1) is 7.11 Å². The fraction of sp³-hybridized carbons (Fsp3) is 0.579. The number of benzene rings is 1. The summed E-state index contributed by atoms with van der Waals surface area (Å²) >= 11 is 0. The molecule has 1 fully saturated rings. The Morgan fingerprint density at radius 1 is 1.32 bits per heavy atom. The molecule has 0 saturated carbocycles. The van der Waals surface area contributed by atoms with Crippen molar-refractivity contribution in [3.05, 3.63) is 35.9 Å². The monoisotopic (exact) mass is 459 g/mol. The van der Waals surface area contributed by atoms with E-state index in [0.29, 0.717) is 12.3 Å². The highest BCUT2D eigenvalue weighted by molar-refractivity contribution is 14.0. The smallest absolute Gasteiger partial charge is 0.305 e. The van der Waals surface area contributed by atoms with E-state index in [1.807, 2.05) is 0 Å². The van der Waals surface area contributed by atoms with Crippen LogP contribution in [0.15, 0.2) is 35.3 Å². The Morgan fingerprint density at radius 2 is 2.08 bits per heavy atom. The molecule has 5 nitrogen and oxygen atoms in total. The van der Waals surface area contributed by atoms with Gasteiger partial charge in [-0.1, -0.05) is 30.3 Å².